The summed E-state index contributed by atoms with van der Waals surface area (Å²) in [5.74, 6) is -0.455. The molecule has 0 aliphatic heterocycles. The van der Waals surface area contributed by atoms with Crippen molar-refractivity contribution in [1.29, 1.82) is 0 Å². The zero-order valence-electron chi connectivity index (χ0n) is 14.3. The minimum Gasteiger partial charge on any atom is -0.423 e. The van der Waals surface area contributed by atoms with Gasteiger partial charge in [-0.2, -0.15) is 10.2 Å². The van der Waals surface area contributed by atoms with Gasteiger partial charge in [0.05, 0.1) is 11.8 Å². The molecule has 0 fully saturated rings. The molecular formula is C19H15BrN4O3. The average molecular weight is 427 g/mol. The molecule has 0 aliphatic carbocycles. The lowest BCUT2D eigenvalue weighted by atomic mass is 10.2. The molecule has 3 aromatic rings. The van der Waals surface area contributed by atoms with E-state index in [9.17, 15) is 9.59 Å². The first-order valence-electron chi connectivity index (χ1n) is 7.95. The number of carbonyl (C=O) groups excluding carboxylic acids is 2. The van der Waals surface area contributed by atoms with E-state index in [0.29, 0.717) is 15.8 Å². The summed E-state index contributed by atoms with van der Waals surface area (Å²) in [7, 11) is 0. The van der Waals surface area contributed by atoms with Gasteiger partial charge in [0.1, 0.15) is 5.75 Å². The monoisotopic (exact) mass is 426 g/mol. The number of nitrogens with one attached hydrogen (secondary N) is 2. The lowest BCUT2D eigenvalue weighted by molar-refractivity contribution is 0.0733. The number of hydrogen-bond donors (Lipinski definition) is 2. The zero-order chi connectivity index (χ0) is 19.2. The van der Waals surface area contributed by atoms with Crippen molar-refractivity contribution in [3.05, 3.63) is 81.6 Å². The van der Waals surface area contributed by atoms with E-state index in [2.05, 4.69) is 36.7 Å². The fourth-order valence-corrected chi connectivity index (χ4v) is 2.61. The number of ether oxygens (including phenoxy) is 1. The quantitative estimate of drug-likeness (QED) is 0.282. The second kappa shape index (κ2) is 8.41. The highest BCUT2D eigenvalue weighted by molar-refractivity contribution is 9.10. The Labute approximate surface area is 163 Å². The normalized spacial score (nSPS) is 10.7. The number of nitrogens with zero attached hydrogens (tertiary/aromatic N) is 2. The van der Waals surface area contributed by atoms with Gasteiger partial charge < -0.3 is 4.74 Å². The number of halogens is 1. The third kappa shape index (κ3) is 4.89. The van der Waals surface area contributed by atoms with E-state index in [0.717, 1.165) is 11.3 Å². The number of carbonyl (C=O) groups is 2. The Hall–Kier alpha value is -3.26. The Bertz CT molecular complexity index is 996. The summed E-state index contributed by atoms with van der Waals surface area (Å²) >= 11 is 3.32. The molecule has 27 heavy (non-hydrogen) atoms. The molecule has 2 aromatic carbocycles. The van der Waals surface area contributed by atoms with E-state index in [-0.39, 0.29) is 5.69 Å². The van der Waals surface area contributed by atoms with Gasteiger partial charge in [-0.15, -0.1) is 0 Å². The molecular weight excluding hydrogens is 412 g/mol. The number of aromatic nitrogens is 2. The summed E-state index contributed by atoms with van der Waals surface area (Å²) in [6.45, 7) is 1.80. The van der Waals surface area contributed by atoms with Gasteiger partial charge in [-0.05, 0) is 70.9 Å². The Morgan fingerprint density at radius 1 is 1.19 bits per heavy atom. The van der Waals surface area contributed by atoms with Crippen molar-refractivity contribution in [3.8, 4) is 5.75 Å². The molecule has 3 rings (SSSR count). The number of esters is 1. The van der Waals surface area contributed by atoms with Gasteiger partial charge in [0.15, 0.2) is 5.69 Å². The van der Waals surface area contributed by atoms with Crippen LogP contribution in [0.1, 0.15) is 32.1 Å². The van der Waals surface area contributed by atoms with Crippen molar-refractivity contribution in [2.75, 3.05) is 0 Å². The first-order chi connectivity index (χ1) is 13.0. The number of aromatic amines is 1. The number of hydrogen-bond acceptors (Lipinski definition) is 5. The smallest absolute Gasteiger partial charge is 0.344 e. The van der Waals surface area contributed by atoms with Crippen LogP contribution in [0, 0.1) is 6.92 Å². The van der Waals surface area contributed by atoms with E-state index < -0.39 is 11.9 Å². The number of H-pyrrole nitrogens is 1. The van der Waals surface area contributed by atoms with E-state index in [1.807, 2.05) is 6.07 Å². The van der Waals surface area contributed by atoms with Gasteiger partial charge in [0, 0.05) is 10.2 Å². The van der Waals surface area contributed by atoms with Gasteiger partial charge in [-0.1, -0.05) is 12.1 Å². The molecule has 0 unspecified atom stereocenters. The van der Waals surface area contributed by atoms with Crippen molar-refractivity contribution >= 4 is 34.0 Å². The van der Waals surface area contributed by atoms with E-state index in [1.165, 1.54) is 6.21 Å². The highest BCUT2D eigenvalue weighted by Crippen LogP contribution is 2.19. The van der Waals surface area contributed by atoms with Crippen molar-refractivity contribution < 1.29 is 14.3 Å². The van der Waals surface area contributed by atoms with Gasteiger partial charge >= 0.3 is 5.97 Å². The SMILES string of the molecule is Cc1cc(C(=O)N/N=C/c2ccc(OC(=O)c3ccccc3Br)cc2)n[nH]1. The molecule has 1 amide bonds. The molecule has 0 radical (unpaired) electrons. The van der Waals surface area contributed by atoms with E-state index >= 15 is 0 Å². The van der Waals surface area contributed by atoms with Crippen molar-refractivity contribution in [3.63, 3.8) is 0 Å². The summed E-state index contributed by atoms with van der Waals surface area (Å²) in [6, 6.07) is 15.4. The van der Waals surface area contributed by atoms with Gasteiger partial charge in [0.25, 0.3) is 5.91 Å². The minimum atomic E-state index is -0.453. The van der Waals surface area contributed by atoms with Crippen LogP contribution in [0.4, 0.5) is 0 Å². The lowest BCUT2D eigenvalue weighted by Gasteiger charge is -2.06. The maximum atomic E-state index is 12.2. The van der Waals surface area contributed by atoms with E-state index in [4.69, 9.17) is 4.74 Å². The topological polar surface area (TPSA) is 96.4 Å². The lowest BCUT2D eigenvalue weighted by Crippen LogP contribution is -2.18. The Morgan fingerprint density at radius 3 is 2.59 bits per heavy atom. The molecule has 0 aliphatic rings. The molecule has 136 valence electrons. The van der Waals surface area contributed by atoms with Crippen LogP contribution in [0.25, 0.3) is 0 Å². The molecule has 7 nitrogen and oxygen atoms in total. The van der Waals surface area contributed by atoms with Gasteiger partial charge in [0.2, 0.25) is 0 Å². The average Bonchev–Trinajstić information content (AvgIpc) is 3.10. The maximum Gasteiger partial charge on any atom is 0.344 e. The zero-order valence-corrected chi connectivity index (χ0v) is 15.9. The number of benzene rings is 2. The van der Waals surface area contributed by atoms with Gasteiger partial charge in [-0.25, -0.2) is 10.2 Å². The van der Waals surface area contributed by atoms with Gasteiger partial charge in [-0.3, -0.25) is 9.89 Å². The molecule has 1 aromatic heterocycles. The summed E-state index contributed by atoms with van der Waals surface area (Å²) in [5.41, 5.74) is 4.62. The second-order valence-corrected chi connectivity index (χ2v) is 6.43. The molecule has 8 heteroatoms. The van der Waals surface area contributed by atoms with Crippen molar-refractivity contribution in [2.45, 2.75) is 6.92 Å². The number of rotatable bonds is 5. The van der Waals surface area contributed by atoms with Crippen LogP contribution in [0.2, 0.25) is 0 Å². The molecule has 0 atom stereocenters. The minimum absolute atomic E-state index is 0.263. The summed E-state index contributed by atoms with van der Waals surface area (Å²) in [6.07, 6.45) is 1.48. The first-order valence-corrected chi connectivity index (χ1v) is 8.74. The number of aryl methyl sites for hydroxylation is 1. The third-order valence-corrected chi connectivity index (χ3v) is 4.19. The summed E-state index contributed by atoms with van der Waals surface area (Å²) < 4.78 is 6.01. The predicted octanol–water partition coefficient (Wildman–Crippen LogP) is 3.46. The third-order valence-electron chi connectivity index (χ3n) is 3.50. The van der Waals surface area contributed by atoms with E-state index in [1.54, 1.807) is 55.5 Å². The van der Waals surface area contributed by atoms with Crippen molar-refractivity contribution in [2.24, 2.45) is 5.10 Å². The van der Waals surface area contributed by atoms with Crippen LogP contribution < -0.4 is 10.2 Å². The second-order valence-electron chi connectivity index (χ2n) is 5.57. The molecule has 2 N–H and O–H groups in total. The highest BCUT2D eigenvalue weighted by Gasteiger charge is 2.11. The summed E-state index contributed by atoms with van der Waals surface area (Å²) in [4.78, 5) is 24.0. The number of hydrazone groups is 1. The van der Waals surface area contributed by atoms with Crippen LogP contribution in [-0.4, -0.2) is 28.3 Å². The predicted molar refractivity (Wildman–Crippen MR) is 104 cm³/mol. The van der Waals surface area contributed by atoms with Crippen LogP contribution in [0.5, 0.6) is 5.75 Å². The number of amides is 1. The first kappa shape index (κ1) is 18.5. The molecule has 0 saturated carbocycles. The molecule has 1 heterocycles. The Balaban J connectivity index is 1.58. The Kier molecular flexibility index (Phi) is 5.77. The van der Waals surface area contributed by atoms with Crippen LogP contribution in [0.15, 0.2) is 64.2 Å². The molecule has 0 saturated heterocycles. The fraction of sp³-hybridized carbons (Fsp3) is 0.0526. The fourth-order valence-electron chi connectivity index (χ4n) is 2.17. The largest absolute Gasteiger partial charge is 0.423 e. The molecule has 0 spiro atoms. The highest BCUT2D eigenvalue weighted by atomic mass is 79.9. The Morgan fingerprint density at radius 2 is 1.93 bits per heavy atom. The van der Waals surface area contributed by atoms with Crippen molar-refractivity contribution in [1.82, 2.24) is 15.6 Å². The maximum absolute atomic E-state index is 12.2. The van der Waals surface area contributed by atoms with Crippen LogP contribution in [0.3, 0.4) is 0 Å². The summed E-state index contributed by atoms with van der Waals surface area (Å²) in [5, 5.41) is 10.4. The molecule has 0 bridgehead atoms. The standard InChI is InChI=1S/C19H15BrN4O3/c1-12-10-17(23-22-12)18(25)24-21-11-13-6-8-14(9-7-13)27-19(26)15-4-2-3-5-16(15)20/h2-11H,1H3,(H,22,23)(H,24,25)/b21-11+. The van der Waals surface area contributed by atoms with Crippen LogP contribution >= 0.6 is 15.9 Å². The van der Waals surface area contributed by atoms with Crippen LogP contribution in [-0.2, 0) is 0 Å².